The first-order valence-electron chi connectivity index (χ1n) is 7.51. The molecule has 6 heteroatoms. The molecule has 1 aromatic carbocycles. The van der Waals surface area contributed by atoms with E-state index >= 15 is 0 Å². The van der Waals surface area contributed by atoms with Crippen LogP contribution in [0.15, 0.2) is 35.1 Å². The fourth-order valence-electron chi connectivity index (χ4n) is 3.21. The number of hydrogen-bond donors (Lipinski definition) is 1. The van der Waals surface area contributed by atoms with Crippen molar-refractivity contribution in [3.8, 4) is 0 Å². The van der Waals surface area contributed by atoms with Gasteiger partial charge < -0.3 is 14.6 Å². The number of amides is 1. The van der Waals surface area contributed by atoms with Gasteiger partial charge in [0.05, 0.1) is 17.0 Å². The van der Waals surface area contributed by atoms with Crippen LogP contribution in [0, 0.1) is 11.8 Å². The Morgan fingerprint density at radius 2 is 1.91 bits per heavy atom. The Labute approximate surface area is 132 Å². The molecule has 1 aliphatic heterocycles. The fraction of sp³-hybridized carbons (Fsp3) is 0.353. The second-order valence-corrected chi connectivity index (χ2v) is 6.10. The molecular formula is C17H18N2O4. The molecule has 120 valence electrons. The predicted octanol–water partition coefficient (Wildman–Crippen LogP) is 1.33. The van der Waals surface area contributed by atoms with Crippen LogP contribution in [0.25, 0.3) is 10.9 Å². The van der Waals surface area contributed by atoms with Crippen LogP contribution in [-0.4, -0.2) is 39.5 Å². The molecule has 0 bridgehead atoms. The number of fused-ring (bicyclic) bond motifs is 1. The Morgan fingerprint density at radius 3 is 2.57 bits per heavy atom. The minimum atomic E-state index is -0.887. The van der Waals surface area contributed by atoms with Crippen molar-refractivity contribution in [3.05, 3.63) is 46.2 Å². The van der Waals surface area contributed by atoms with Crippen molar-refractivity contribution in [2.75, 3.05) is 13.1 Å². The normalized spacial score (nSPS) is 20.9. The summed E-state index contributed by atoms with van der Waals surface area (Å²) in [5, 5.41) is 9.91. The maximum Gasteiger partial charge on any atom is 0.308 e. The van der Waals surface area contributed by atoms with Crippen molar-refractivity contribution < 1.29 is 14.7 Å². The van der Waals surface area contributed by atoms with Crippen molar-refractivity contribution in [1.82, 2.24) is 9.47 Å². The van der Waals surface area contributed by atoms with Gasteiger partial charge in [-0.05, 0) is 12.0 Å². The van der Waals surface area contributed by atoms with E-state index in [1.807, 2.05) is 19.1 Å². The van der Waals surface area contributed by atoms with Crippen LogP contribution in [0.2, 0.25) is 0 Å². The summed E-state index contributed by atoms with van der Waals surface area (Å²) >= 11 is 0. The lowest BCUT2D eigenvalue weighted by atomic mass is 9.99. The van der Waals surface area contributed by atoms with E-state index in [-0.39, 0.29) is 23.9 Å². The number of benzene rings is 1. The molecule has 0 saturated carbocycles. The SMILES string of the molecule is C[C@@H]1CN(C(=O)c2cc(=O)n(C)c3ccccc23)C[C@H]1C(=O)O. The summed E-state index contributed by atoms with van der Waals surface area (Å²) < 4.78 is 1.50. The molecular weight excluding hydrogens is 296 g/mol. The molecule has 3 rings (SSSR count). The van der Waals surface area contributed by atoms with Crippen molar-refractivity contribution in [2.24, 2.45) is 18.9 Å². The first-order chi connectivity index (χ1) is 10.9. The molecule has 0 unspecified atom stereocenters. The van der Waals surface area contributed by atoms with Gasteiger partial charge in [0, 0.05) is 31.6 Å². The van der Waals surface area contributed by atoms with Crippen LogP contribution < -0.4 is 5.56 Å². The fourth-order valence-corrected chi connectivity index (χ4v) is 3.21. The van der Waals surface area contributed by atoms with Gasteiger partial charge in [0.15, 0.2) is 0 Å². The summed E-state index contributed by atoms with van der Waals surface area (Å²) in [5.41, 5.74) is 0.765. The molecule has 1 saturated heterocycles. The van der Waals surface area contributed by atoms with Gasteiger partial charge in [0.1, 0.15) is 0 Å². The number of aliphatic carboxylic acids is 1. The van der Waals surface area contributed by atoms with Crippen LogP contribution >= 0.6 is 0 Å². The van der Waals surface area contributed by atoms with Crippen LogP contribution in [0.3, 0.4) is 0 Å². The van der Waals surface area contributed by atoms with Gasteiger partial charge in [0.25, 0.3) is 11.5 Å². The third kappa shape index (κ3) is 2.50. The Morgan fingerprint density at radius 1 is 1.22 bits per heavy atom. The van der Waals surface area contributed by atoms with E-state index in [0.29, 0.717) is 23.0 Å². The summed E-state index contributed by atoms with van der Waals surface area (Å²) in [4.78, 5) is 37.7. The zero-order valence-electron chi connectivity index (χ0n) is 13.0. The van der Waals surface area contributed by atoms with E-state index in [9.17, 15) is 19.5 Å². The maximum absolute atomic E-state index is 12.8. The Kier molecular flexibility index (Phi) is 3.67. The van der Waals surface area contributed by atoms with Crippen LogP contribution in [0.5, 0.6) is 0 Å². The average molecular weight is 314 g/mol. The Hall–Kier alpha value is -2.63. The molecule has 1 amide bonds. The van der Waals surface area contributed by atoms with Gasteiger partial charge in [-0.25, -0.2) is 0 Å². The zero-order valence-corrected chi connectivity index (χ0v) is 13.0. The molecule has 2 heterocycles. The highest BCUT2D eigenvalue weighted by atomic mass is 16.4. The molecule has 2 atom stereocenters. The lowest BCUT2D eigenvalue weighted by Gasteiger charge is -2.18. The van der Waals surface area contributed by atoms with Crippen LogP contribution in [-0.2, 0) is 11.8 Å². The number of pyridine rings is 1. The number of carboxylic acids is 1. The smallest absolute Gasteiger partial charge is 0.308 e. The molecule has 1 aliphatic rings. The lowest BCUT2D eigenvalue weighted by molar-refractivity contribution is -0.142. The van der Waals surface area contributed by atoms with Crippen molar-refractivity contribution in [1.29, 1.82) is 0 Å². The Bertz CT molecular complexity index is 855. The molecule has 0 spiro atoms. The topological polar surface area (TPSA) is 79.6 Å². The standard InChI is InChI=1S/C17H18N2O4/c1-10-8-19(9-13(10)17(22)23)16(21)12-7-15(20)18(2)14-6-4-3-5-11(12)14/h3-7,10,13H,8-9H2,1-2H3,(H,22,23)/t10-,13-/m1/s1. The first kappa shape index (κ1) is 15.3. The molecule has 1 N–H and O–H groups in total. The zero-order chi connectivity index (χ0) is 16.7. The molecule has 0 radical (unpaired) electrons. The molecule has 1 aromatic heterocycles. The van der Waals surface area contributed by atoms with Gasteiger partial charge in [-0.2, -0.15) is 0 Å². The molecule has 0 aliphatic carbocycles. The number of carboxylic acid groups (broad SMARTS) is 1. The van der Waals surface area contributed by atoms with Gasteiger partial charge in [-0.15, -0.1) is 0 Å². The van der Waals surface area contributed by atoms with Crippen LogP contribution in [0.1, 0.15) is 17.3 Å². The molecule has 1 fully saturated rings. The van der Waals surface area contributed by atoms with E-state index < -0.39 is 11.9 Å². The predicted molar refractivity (Wildman–Crippen MR) is 85.4 cm³/mol. The summed E-state index contributed by atoms with van der Waals surface area (Å²) in [6.07, 6.45) is 0. The number of nitrogens with zero attached hydrogens (tertiary/aromatic N) is 2. The number of likely N-dealkylation sites (tertiary alicyclic amines) is 1. The van der Waals surface area contributed by atoms with Gasteiger partial charge in [-0.3, -0.25) is 14.4 Å². The van der Waals surface area contributed by atoms with E-state index in [1.54, 1.807) is 19.2 Å². The second-order valence-electron chi connectivity index (χ2n) is 6.10. The number of aryl methyl sites for hydroxylation is 1. The largest absolute Gasteiger partial charge is 0.481 e. The maximum atomic E-state index is 12.8. The highest BCUT2D eigenvalue weighted by molar-refractivity contribution is 6.06. The van der Waals surface area contributed by atoms with E-state index in [2.05, 4.69) is 0 Å². The summed E-state index contributed by atoms with van der Waals surface area (Å²) in [7, 11) is 1.66. The molecule has 2 aromatic rings. The highest BCUT2D eigenvalue weighted by Gasteiger charge is 2.37. The van der Waals surface area contributed by atoms with E-state index in [0.717, 1.165) is 0 Å². The molecule has 23 heavy (non-hydrogen) atoms. The van der Waals surface area contributed by atoms with Gasteiger partial charge in [0.2, 0.25) is 0 Å². The van der Waals surface area contributed by atoms with Crippen molar-refractivity contribution in [3.63, 3.8) is 0 Å². The number of carbonyl (C=O) groups is 2. The summed E-state index contributed by atoms with van der Waals surface area (Å²) in [6.45, 7) is 2.40. The lowest BCUT2D eigenvalue weighted by Crippen LogP contribution is -2.31. The summed E-state index contributed by atoms with van der Waals surface area (Å²) in [6, 6.07) is 8.56. The quantitative estimate of drug-likeness (QED) is 0.907. The minimum absolute atomic E-state index is 0.103. The number of rotatable bonds is 2. The average Bonchev–Trinajstić information content (AvgIpc) is 2.92. The Balaban J connectivity index is 2.04. The third-order valence-electron chi connectivity index (χ3n) is 4.60. The number of aromatic nitrogens is 1. The monoisotopic (exact) mass is 314 g/mol. The first-order valence-corrected chi connectivity index (χ1v) is 7.51. The van der Waals surface area contributed by atoms with Gasteiger partial charge in [-0.1, -0.05) is 25.1 Å². The van der Waals surface area contributed by atoms with Crippen LogP contribution in [0.4, 0.5) is 0 Å². The summed E-state index contributed by atoms with van der Waals surface area (Å²) in [5.74, 6) is -1.83. The van der Waals surface area contributed by atoms with E-state index in [1.165, 1.54) is 15.5 Å². The second kappa shape index (κ2) is 5.53. The highest BCUT2D eigenvalue weighted by Crippen LogP contribution is 2.26. The number of hydrogen-bond acceptors (Lipinski definition) is 3. The van der Waals surface area contributed by atoms with Crippen molar-refractivity contribution >= 4 is 22.8 Å². The number of carbonyl (C=O) groups excluding carboxylic acids is 1. The molecule has 6 nitrogen and oxygen atoms in total. The minimum Gasteiger partial charge on any atom is -0.481 e. The van der Waals surface area contributed by atoms with Crippen molar-refractivity contribution in [2.45, 2.75) is 6.92 Å². The van der Waals surface area contributed by atoms with E-state index in [4.69, 9.17) is 0 Å². The van der Waals surface area contributed by atoms with Gasteiger partial charge >= 0.3 is 5.97 Å². The number of para-hydroxylation sites is 1. The third-order valence-corrected chi connectivity index (χ3v) is 4.60.